The summed E-state index contributed by atoms with van der Waals surface area (Å²) in [7, 11) is 4.44. The van der Waals surface area contributed by atoms with Crippen LogP contribution in [0.1, 0.15) is 35.0 Å². The smallest absolute Gasteiger partial charge is 0.0639 e. The highest BCUT2D eigenvalue weighted by Crippen LogP contribution is 2.36. The molecule has 124 valence electrons. The molecule has 1 fully saturated rings. The number of likely N-dealkylation sites (tertiary alicyclic amines) is 1. The Morgan fingerprint density at radius 1 is 1.39 bits per heavy atom. The molecule has 1 saturated heterocycles. The summed E-state index contributed by atoms with van der Waals surface area (Å²) >= 11 is 0. The molecule has 5 nitrogen and oxygen atoms in total. The third-order valence-corrected chi connectivity index (χ3v) is 5.05. The molecule has 1 N–H and O–H groups in total. The number of nitrogens with zero attached hydrogens (tertiary/aromatic N) is 4. The Labute approximate surface area is 138 Å². The average molecular weight is 313 g/mol. The molecular formula is C18H27N5. The number of H-pyrrole nitrogens is 1. The Kier molecular flexibility index (Phi) is 4.78. The molecule has 0 spiro atoms. The number of hydrogen-bond donors (Lipinski definition) is 1. The number of aromatic nitrogens is 3. The van der Waals surface area contributed by atoms with Gasteiger partial charge in [-0.3, -0.25) is 15.0 Å². The highest BCUT2D eigenvalue weighted by molar-refractivity contribution is 5.23. The molecule has 0 amide bonds. The highest BCUT2D eigenvalue weighted by Gasteiger charge is 2.33. The lowest BCUT2D eigenvalue weighted by atomic mass is 9.94. The maximum absolute atomic E-state index is 4.31. The zero-order valence-corrected chi connectivity index (χ0v) is 14.6. The first kappa shape index (κ1) is 16.1. The standard InChI is InChI=1S/C18H27N5/c1-13-17(14(2)21-20-13)12-22(3)11-16-7-9-23(4)18(16)15-6-5-8-19-10-15/h5-6,8,10,16,18H,7,9,11-12H2,1-4H3,(H,20,21)/t16-,18-/m0/s1. The zero-order chi connectivity index (χ0) is 16.4. The first-order valence-corrected chi connectivity index (χ1v) is 8.35. The number of rotatable bonds is 5. The average Bonchev–Trinajstić information content (AvgIpc) is 3.05. The highest BCUT2D eigenvalue weighted by atomic mass is 15.2. The minimum absolute atomic E-state index is 0.470. The maximum Gasteiger partial charge on any atom is 0.0639 e. The molecule has 2 aromatic heterocycles. The first-order chi connectivity index (χ1) is 11.1. The molecule has 3 heterocycles. The molecule has 1 aliphatic rings. The molecule has 23 heavy (non-hydrogen) atoms. The van der Waals surface area contributed by atoms with Gasteiger partial charge in [-0.1, -0.05) is 6.07 Å². The van der Waals surface area contributed by atoms with Gasteiger partial charge < -0.3 is 4.90 Å². The first-order valence-electron chi connectivity index (χ1n) is 8.35. The largest absolute Gasteiger partial charge is 0.302 e. The van der Waals surface area contributed by atoms with Crippen molar-refractivity contribution in [1.82, 2.24) is 25.0 Å². The number of nitrogens with one attached hydrogen (secondary N) is 1. The van der Waals surface area contributed by atoms with Crippen LogP contribution in [0.2, 0.25) is 0 Å². The lowest BCUT2D eigenvalue weighted by Crippen LogP contribution is -2.30. The predicted molar refractivity (Wildman–Crippen MR) is 92.1 cm³/mol. The third-order valence-electron chi connectivity index (χ3n) is 5.05. The van der Waals surface area contributed by atoms with Crippen LogP contribution in [0.3, 0.4) is 0 Å². The third kappa shape index (κ3) is 3.46. The zero-order valence-electron chi connectivity index (χ0n) is 14.6. The van der Waals surface area contributed by atoms with Crippen LogP contribution in [-0.4, -0.2) is 52.2 Å². The van der Waals surface area contributed by atoms with E-state index in [0.29, 0.717) is 12.0 Å². The molecule has 0 unspecified atom stereocenters. The van der Waals surface area contributed by atoms with Crippen molar-refractivity contribution in [3.63, 3.8) is 0 Å². The van der Waals surface area contributed by atoms with Gasteiger partial charge in [-0.05, 0) is 58.5 Å². The summed E-state index contributed by atoms with van der Waals surface area (Å²) in [6, 6.07) is 4.72. The topological polar surface area (TPSA) is 48.1 Å². The van der Waals surface area contributed by atoms with Gasteiger partial charge in [0.2, 0.25) is 0 Å². The van der Waals surface area contributed by atoms with Crippen LogP contribution in [0.15, 0.2) is 24.5 Å². The van der Waals surface area contributed by atoms with E-state index in [1.165, 1.54) is 23.2 Å². The Hall–Kier alpha value is -1.72. The fourth-order valence-electron chi connectivity index (χ4n) is 3.84. The minimum Gasteiger partial charge on any atom is -0.302 e. The van der Waals surface area contributed by atoms with Gasteiger partial charge in [-0.15, -0.1) is 0 Å². The molecule has 1 aliphatic heterocycles. The predicted octanol–water partition coefficient (Wildman–Crippen LogP) is 2.55. The van der Waals surface area contributed by atoms with Crippen LogP contribution in [0.5, 0.6) is 0 Å². The lowest BCUT2D eigenvalue weighted by Gasteiger charge is -2.28. The monoisotopic (exact) mass is 313 g/mol. The van der Waals surface area contributed by atoms with E-state index in [1.807, 2.05) is 18.5 Å². The van der Waals surface area contributed by atoms with Crippen molar-refractivity contribution in [2.45, 2.75) is 32.9 Å². The van der Waals surface area contributed by atoms with Crippen LogP contribution < -0.4 is 0 Å². The molecule has 0 saturated carbocycles. The molecule has 3 rings (SSSR count). The fraction of sp³-hybridized carbons (Fsp3) is 0.556. The van der Waals surface area contributed by atoms with Gasteiger partial charge in [0.15, 0.2) is 0 Å². The van der Waals surface area contributed by atoms with Crippen LogP contribution in [0.25, 0.3) is 0 Å². The van der Waals surface area contributed by atoms with Gasteiger partial charge in [-0.25, -0.2) is 0 Å². The molecule has 2 aromatic rings. The van der Waals surface area contributed by atoms with E-state index >= 15 is 0 Å². The van der Waals surface area contributed by atoms with Gasteiger partial charge >= 0.3 is 0 Å². The van der Waals surface area contributed by atoms with E-state index in [4.69, 9.17) is 0 Å². The Morgan fingerprint density at radius 2 is 2.22 bits per heavy atom. The molecule has 0 aliphatic carbocycles. The van der Waals surface area contributed by atoms with E-state index in [2.05, 4.69) is 59.0 Å². The van der Waals surface area contributed by atoms with E-state index in [1.54, 1.807) is 0 Å². The van der Waals surface area contributed by atoms with Crippen molar-refractivity contribution in [2.75, 3.05) is 27.2 Å². The second-order valence-corrected chi connectivity index (χ2v) is 6.87. The van der Waals surface area contributed by atoms with E-state index in [9.17, 15) is 0 Å². The maximum atomic E-state index is 4.31. The summed E-state index contributed by atoms with van der Waals surface area (Å²) < 4.78 is 0. The van der Waals surface area contributed by atoms with E-state index < -0.39 is 0 Å². The normalized spacial score (nSPS) is 22.1. The van der Waals surface area contributed by atoms with Crippen molar-refractivity contribution < 1.29 is 0 Å². The van der Waals surface area contributed by atoms with Gasteiger partial charge in [-0.2, -0.15) is 5.10 Å². The molecule has 2 atom stereocenters. The van der Waals surface area contributed by atoms with Crippen LogP contribution in [0, 0.1) is 19.8 Å². The van der Waals surface area contributed by atoms with Gasteiger partial charge in [0.05, 0.1) is 5.69 Å². The molecule has 0 bridgehead atoms. The van der Waals surface area contributed by atoms with Crippen molar-refractivity contribution in [3.05, 3.63) is 47.0 Å². The van der Waals surface area contributed by atoms with Gasteiger partial charge in [0.25, 0.3) is 0 Å². The van der Waals surface area contributed by atoms with Crippen molar-refractivity contribution in [3.8, 4) is 0 Å². The second-order valence-electron chi connectivity index (χ2n) is 6.87. The summed E-state index contributed by atoms with van der Waals surface area (Å²) in [5.41, 5.74) is 4.96. The van der Waals surface area contributed by atoms with Crippen molar-refractivity contribution in [2.24, 2.45) is 5.92 Å². The Morgan fingerprint density at radius 3 is 2.87 bits per heavy atom. The number of aryl methyl sites for hydroxylation is 2. The second kappa shape index (κ2) is 6.81. The Bertz CT molecular complexity index is 617. The van der Waals surface area contributed by atoms with Crippen LogP contribution in [0.4, 0.5) is 0 Å². The summed E-state index contributed by atoms with van der Waals surface area (Å²) in [6.45, 7) is 7.38. The van der Waals surface area contributed by atoms with E-state index in [-0.39, 0.29) is 0 Å². The van der Waals surface area contributed by atoms with Crippen LogP contribution >= 0.6 is 0 Å². The minimum atomic E-state index is 0.470. The molecule has 0 aromatic carbocycles. The van der Waals surface area contributed by atoms with Gasteiger partial charge in [0, 0.05) is 42.8 Å². The summed E-state index contributed by atoms with van der Waals surface area (Å²) in [6.07, 6.45) is 5.11. The van der Waals surface area contributed by atoms with Crippen LogP contribution in [-0.2, 0) is 6.54 Å². The summed E-state index contributed by atoms with van der Waals surface area (Å²) in [5, 5.41) is 7.39. The fourth-order valence-corrected chi connectivity index (χ4v) is 3.84. The number of pyridine rings is 1. The molecule has 5 heteroatoms. The Balaban J connectivity index is 1.69. The number of aromatic amines is 1. The van der Waals surface area contributed by atoms with Crippen molar-refractivity contribution >= 4 is 0 Å². The SMILES string of the molecule is Cc1n[nH]c(C)c1CN(C)C[C@@H]1CCN(C)[C@H]1c1cccnc1. The quantitative estimate of drug-likeness (QED) is 0.921. The number of hydrogen-bond acceptors (Lipinski definition) is 4. The van der Waals surface area contributed by atoms with Crippen molar-refractivity contribution in [1.29, 1.82) is 0 Å². The summed E-state index contributed by atoms with van der Waals surface area (Å²) in [4.78, 5) is 9.20. The summed E-state index contributed by atoms with van der Waals surface area (Å²) in [5.74, 6) is 0.640. The molecule has 0 radical (unpaired) electrons. The molecular weight excluding hydrogens is 286 g/mol. The van der Waals surface area contributed by atoms with E-state index in [0.717, 1.165) is 25.3 Å². The lowest BCUT2D eigenvalue weighted by molar-refractivity contribution is 0.213. The van der Waals surface area contributed by atoms with Gasteiger partial charge in [0.1, 0.15) is 0 Å².